The second kappa shape index (κ2) is 6.70. The molecule has 19 heavy (non-hydrogen) atoms. The molecular formula is C16H23N3. The van der Waals surface area contributed by atoms with E-state index in [4.69, 9.17) is 5.26 Å². The smallest absolute Gasteiger partial charge is 0.0991 e. The van der Waals surface area contributed by atoms with Gasteiger partial charge in [0.15, 0.2) is 0 Å². The number of likely N-dealkylation sites (tertiary alicyclic amines) is 1. The van der Waals surface area contributed by atoms with Crippen molar-refractivity contribution in [3.8, 4) is 6.07 Å². The Morgan fingerprint density at radius 3 is 2.37 bits per heavy atom. The molecular weight excluding hydrogens is 234 g/mol. The molecule has 0 bridgehead atoms. The van der Waals surface area contributed by atoms with Crippen molar-refractivity contribution in [3.05, 3.63) is 35.4 Å². The van der Waals surface area contributed by atoms with E-state index in [1.54, 1.807) is 0 Å². The summed E-state index contributed by atoms with van der Waals surface area (Å²) in [6.07, 6.45) is 2.60. The minimum Gasteiger partial charge on any atom is -0.309 e. The average molecular weight is 257 g/mol. The summed E-state index contributed by atoms with van der Waals surface area (Å²) >= 11 is 0. The van der Waals surface area contributed by atoms with Crippen LogP contribution in [0.3, 0.4) is 0 Å². The summed E-state index contributed by atoms with van der Waals surface area (Å²) < 4.78 is 0. The monoisotopic (exact) mass is 257 g/mol. The van der Waals surface area contributed by atoms with Crippen molar-refractivity contribution >= 4 is 0 Å². The van der Waals surface area contributed by atoms with Crippen LogP contribution in [0.5, 0.6) is 0 Å². The van der Waals surface area contributed by atoms with Gasteiger partial charge in [-0.3, -0.25) is 4.90 Å². The summed E-state index contributed by atoms with van der Waals surface area (Å²) in [5, 5.41) is 8.79. The molecule has 0 radical (unpaired) electrons. The highest BCUT2D eigenvalue weighted by atomic mass is 15.1. The van der Waals surface area contributed by atoms with Crippen LogP contribution in [0.25, 0.3) is 0 Å². The summed E-state index contributed by atoms with van der Waals surface area (Å²) in [6, 6.07) is 10.1. The predicted molar refractivity (Wildman–Crippen MR) is 77.7 cm³/mol. The summed E-state index contributed by atoms with van der Waals surface area (Å²) in [6.45, 7) is 4.61. The third-order valence-corrected chi connectivity index (χ3v) is 3.82. The Kier molecular flexibility index (Phi) is 4.95. The number of piperidine rings is 1. The molecule has 3 nitrogen and oxygen atoms in total. The normalized spacial score (nSPS) is 17.6. The molecule has 1 heterocycles. The molecule has 0 spiro atoms. The van der Waals surface area contributed by atoms with E-state index in [1.165, 1.54) is 38.0 Å². The van der Waals surface area contributed by atoms with Gasteiger partial charge in [0.25, 0.3) is 0 Å². The fraction of sp³-hybridized carbons (Fsp3) is 0.562. The molecule has 102 valence electrons. The maximum absolute atomic E-state index is 8.79. The number of benzene rings is 1. The van der Waals surface area contributed by atoms with Crippen molar-refractivity contribution in [2.45, 2.75) is 19.4 Å². The molecule has 1 fully saturated rings. The summed E-state index contributed by atoms with van der Waals surface area (Å²) in [5.41, 5.74) is 2.05. The first-order valence-corrected chi connectivity index (χ1v) is 7.03. The zero-order valence-electron chi connectivity index (χ0n) is 12.0. The van der Waals surface area contributed by atoms with Gasteiger partial charge in [-0.15, -0.1) is 0 Å². The quantitative estimate of drug-likeness (QED) is 0.829. The first-order chi connectivity index (χ1) is 9.17. The molecule has 1 aromatic rings. The van der Waals surface area contributed by atoms with Crippen LogP contribution < -0.4 is 0 Å². The summed E-state index contributed by atoms with van der Waals surface area (Å²) in [7, 11) is 4.31. The lowest BCUT2D eigenvalue weighted by Crippen LogP contribution is -2.36. The van der Waals surface area contributed by atoms with E-state index in [9.17, 15) is 0 Å². The number of rotatable bonds is 4. The van der Waals surface area contributed by atoms with Crippen molar-refractivity contribution in [2.24, 2.45) is 5.92 Å². The van der Waals surface area contributed by atoms with E-state index >= 15 is 0 Å². The van der Waals surface area contributed by atoms with Crippen LogP contribution in [-0.4, -0.2) is 43.5 Å². The van der Waals surface area contributed by atoms with Crippen molar-refractivity contribution < 1.29 is 0 Å². The third kappa shape index (κ3) is 4.34. The van der Waals surface area contributed by atoms with Crippen LogP contribution >= 0.6 is 0 Å². The molecule has 1 aliphatic heterocycles. The molecule has 2 rings (SSSR count). The van der Waals surface area contributed by atoms with E-state index in [2.05, 4.69) is 42.1 Å². The number of nitrogens with zero attached hydrogens (tertiary/aromatic N) is 3. The molecule has 0 amide bonds. The van der Waals surface area contributed by atoms with Gasteiger partial charge in [0.1, 0.15) is 0 Å². The molecule has 0 aromatic heterocycles. The topological polar surface area (TPSA) is 30.3 Å². The van der Waals surface area contributed by atoms with E-state index in [-0.39, 0.29) is 0 Å². The molecule has 0 unspecified atom stereocenters. The highest BCUT2D eigenvalue weighted by Crippen LogP contribution is 2.19. The van der Waals surface area contributed by atoms with Crippen LogP contribution in [0, 0.1) is 17.2 Å². The molecule has 1 saturated heterocycles. The fourth-order valence-corrected chi connectivity index (χ4v) is 2.79. The molecule has 1 aromatic carbocycles. The SMILES string of the molecule is CN(C)CC1CCN(Cc2ccc(C#N)cc2)CC1. The van der Waals surface area contributed by atoms with E-state index in [1.807, 2.05) is 12.1 Å². The minimum absolute atomic E-state index is 0.744. The Labute approximate surface area is 116 Å². The Morgan fingerprint density at radius 2 is 1.84 bits per heavy atom. The maximum atomic E-state index is 8.79. The molecule has 0 N–H and O–H groups in total. The van der Waals surface area contributed by atoms with Crippen molar-refractivity contribution in [1.29, 1.82) is 5.26 Å². The predicted octanol–water partition coefficient (Wildman–Crippen LogP) is 2.33. The Balaban J connectivity index is 1.80. The summed E-state index contributed by atoms with van der Waals surface area (Å²) in [4.78, 5) is 4.81. The first kappa shape index (κ1) is 14.0. The lowest BCUT2D eigenvalue weighted by molar-refractivity contribution is 0.157. The van der Waals surface area contributed by atoms with E-state index < -0.39 is 0 Å². The van der Waals surface area contributed by atoms with Crippen molar-refractivity contribution in [2.75, 3.05) is 33.7 Å². The Morgan fingerprint density at radius 1 is 1.21 bits per heavy atom. The second-order valence-electron chi connectivity index (χ2n) is 5.79. The zero-order chi connectivity index (χ0) is 13.7. The Bertz CT molecular complexity index is 422. The van der Waals surface area contributed by atoms with Crippen molar-refractivity contribution in [3.63, 3.8) is 0 Å². The molecule has 1 aliphatic rings. The van der Waals surface area contributed by atoms with Crippen LogP contribution in [0.1, 0.15) is 24.0 Å². The van der Waals surface area contributed by atoms with Gasteiger partial charge in [-0.05, 0) is 63.6 Å². The third-order valence-electron chi connectivity index (χ3n) is 3.82. The lowest BCUT2D eigenvalue weighted by Gasteiger charge is -2.33. The second-order valence-corrected chi connectivity index (χ2v) is 5.79. The molecule has 0 saturated carbocycles. The average Bonchev–Trinajstić information content (AvgIpc) is 2.41. The van der Waals surface area contributed by atoms with Gasteiger partial charge in [0.2, 0.25) is 0 Å². The van der Waals surface area contributed by atoms with Gasteiger partial charge in [-0.2, -0.15) is 5.26 Å². The summed E-state index contributed by atoms with van der Waals surface area (Å²) in [5.74, 6) is 0.854. The highest BCUT2D eigenvalue weighted by Gasteiger charge is 2.19. The van der Waals surface area contributed by atoms with Crippen LogP contribution in [0.15, 0.2) is 24.3 Å². The van der Waals surface area contributed by atoms with Gasteiger partial charge < -0.3 is 4.90 Å². The zero-order valence-corrected chi connectivity index (χ0v) is 12.0. The van der Waals surface area contributed by atoms with Gasteiger partial charge in [-0.1, -0.05) is 12.1 Å². The first-order valence-electron chi connectivity index (χ1n) is 7.03. The molecule has 0 atom stereocenters. The molecule has 3 heteroatoms. The standard InChI is InChI=1S/C16H23N3/c1-18(2)12-16-7-9-19(10-8-16)13-15-5-3-14(11-17)4-6-15/h3-6,16H,7-10,12-13H2,1-2H3. The van der Waals surface area contributed by atoms with Gasteiger partial charge in [-0.25, -0.2) is 0 Å². The minimum atomic E-state index is 0.744. The number of hydrogen-bond donors (Lipinski definition) is 0. The maximum Gasteiger partial charge on any atom is 0.0991 e. The van der Waals surface area contributed by atoms with Crippen LogP contribution in [0.2, 0.25) is 0 Å². The van der Waals surface area contributed by atoms with Gasteiger partial charge in [0.05, 0.1) is 11.6 Å². The van der Waals surface area contributed by atoms with Crippen molar-refractivity contribution in [1.82, 2.24) is 9.80 Å². The number of nitriles is 1. The van der Waals surface area contributed by atoms with E-state index in [0.717, 1.165) is 18.0 Å². The lowest BCUT2D eigenvalue weighted by atomic mass is 9.96. The van der Waals surface area contributed by atoms with E-state index in [0.29, 0.717) is 0 Å². The largest absolute Gasteiger partial charge is 0.309 e. The highest BCUT2D eigenvalue weighted by molar-refractivity contribution is 5.31. The Hall–Kier alpha value is -1.37. The molecule has 0 aliphatic carbocycles. The number of hydrogen-bond acceptors (Lipinski definition) is 3. The van der Waals surface area contributed by atoms with Gasteiger partial charge in [0, 0.05) is 13.1 Å². The van der Waals surface area contributed by atoms with Gasteiger partial charge >= 0.3 is 0 Å². The van der Waals surface area contributed by atoms with Crippen LogP contribution in [-0.2, 0) is 6.54 Å². The fourth-order valence-electron chi connectivity index (χ4n) is 2.79. The van der Waals surface area contributed by atoms with Crippen LogP contribution in [0.4, 0.5) is 0 Å².